The van der Waals surface area contributed by atoms with Gasteiger partial charge >= 0.3 is 0 Å². The lowest BCUT2D eigenvalue weighted by Crippen LogP contribution is -1.91. The maximum atomic E-state index is 8.81. The van der Waals surface area contributed by atoms with Crippen LogP contribution in [0.25, 0.3) is 10.8 Å². The third-order valence-electron chi connectivity index (χ3n) is 2.59. The minimum atomic E-state index is 0.236. The van der Waals surface area contributed by atoms with Crippen LogP contribution >= 0.6 is 12.6 Å². The van der Waals surface area contributed by atoms with E-state index in [1.807, 2.05) is 12.1 Å². The first-order valence-corrected chi connectivity index (χ1v) is 5.58. The Labute approximate surface area is 95.2 Å². The first-order chi connectivity index (χ1) is 7.33. The molecule has 2 aromatic rings. The maximum absolute atomic E-state index is 8.81. The van der Waals surface area contributed by atoms with E-state index in [-0.39, 0.29) is 6.61 Å². The molecule has 15 heavy (non-hydrogen) atoms. The van der Waals surface area contributed by atoms with Gasteiger partial charge < -0.3 is 5.11 Å². The lowest BCUT2D eigenvalue weighted by molar-refractivity contribution is 0.288. The molecule has 1 N–H and O–H groups in total. The summed E-state index contributed by atoms with van der Waals surface area (Å²) in [6.45, 7) is 0.236. The molecule has 0 spiro atoms. The lowest BCUT2D eigenvalue weighted by Gasteiger charge is -2.07. The number of aryl methyl sites for hydroxylation is 1. The van der Waals surface area contributed by atoms with Gasteiger partial charge in [-0.1, -0.05) is 36.4 Å². The fourth-order valence-electron chi connectivity index (χ4n) is 1.77. The Morgan fingerprint density at radius 1 is 1.07 bits per heavy atom. The average Bonchev–Trinajstić information content (AvgIpc) is 2.29. The van der Waals surface area contributed by atoms with Gasteiger partial charge in [0.25, 0.3) is 0 Å². The largest absolute Gasteiger partial charge is 0.396 e. The van der Waals surface area contributed by atoms with E-state index in [9.17, 15) is 0 Å². The van der Waals surface area contributed by atoms with Gasteiger partial charge in [0.1, 0.15) is 0 Å². The van der Waals surface area contributed by atoms with Gasteiger partial charge in [0, 0.05) is 11.5 Å². The summed E-state index contributed by atoms with van der Waals surface area (Å²) in [6, 6.07) is 12.4. The zero-order chi connectivity index (χ0) is 10.7. The molecule has 2 aromatic carbocycles. The van der Waals surface area contributed by atoms with E-state index in [0.717, 1.165) is 17.7 Å². The molecule has 0 aromatic heterocycles. The Morgan fingerprint density at radius 3 is 2.67 bits per heavy atom. The molecule has 0 amide bonds. The molecule has 0 fully saturated rings. The second kappa shape index (κ2) is 4.69. The lowest BCUT2D eigenvalue weighted by atomic mass is 10.0. The number of aliphatic hydroxyl groups is 1. The summed E-state index contributed by atoms with van der Waals surface area (Å²) in [5.41, 5.74) is 1.21. The predicted octanol–water partition coefficient (Wildman–Crippen LogP) is 3.05. The SMILES string of the molecule is OCCCc1ccc2ccccc2c1S. The Balaban J connectivity index is 2.45. The third-order valence-corrected chi connectivity index (χ3v) is 3.12. The first kappa shape index (κ1) is 10.5. The molecule has 78 valence electrons. The number of thiol groups is 1. The highest BCUT2D eigenvalue weighted by atomic mass is 32.1. The first-order valence-electron chi connectivity index (χ1n) is 5.13. The van der Waals surface area contributed by atoms with Gasteiger partial charge in [-0.3, -0.25) is 0 Å². The molecule has 1 nitrogen and oxygen atoms in total. The summed E-state index contributed by atoms with van der Waals surface area (Å²) < 4.78 is 0. The summed E-state index contributed by atoms with van der Waals surface area (Å²) in [7, 11) is 0. The maximum Gasteiger partial charge on any atom is 0.0434 e. The number of hydrogen-bond donors (Lipinski definition) is 2. The van der Waals surface area contributed by atoms with Gasteiger partial charge in [-0.25, -0.2) is 0 Å². The van der Waals surface area contributed by atoms with Crippen molar-refractivity contribution in [3.63, 3.8) is 0 Å². The highest BCUT2D eigenvalue weighted by Crippen LogP contribution is 2.26. The molecule has 0 saturated heterocycles. The van der Waals surface area contributed by atoms with E-state index in [2.05, 4.69) is 36.9 Å². The van der Waals surface area contributed by atoms with Crippen LogP contribution in [0.3, 0.4) is 0 Å². The van der Waals surface area contributed by atoms with Gasteiger partial charge in [0.05, 0.1) is 0 Å². The van der Waals surface area contributed by atoms with Crippen molar-refractivity contribution in [1.82, 2.24) is 0 Å². The highest BCUT2D eigenvalue weighted by molar-refractivity contribution is 7.80. The van der Waals surface area contributed by atoms with Crippen molar-refractivity contribution < 1.29 is 5.11 Å². The molecule has 2 rings (SSSR count). The summed E-state index contributed by atoms with van der Waals surface area (Å²) in [4.78, 5) is 1.04. The quantitative estimate of drug-likeness (QED) is 0.759. The molecule has 0 aliphatic rings. The molecule has 0 aliphatic heterocycles. The van der Waals surface area contributed by atoms with Gasteiger partial charge in [-0.05, 0) is 29.2 Å². The monoisotopic (exact) mass is 218 g/mol. The fraction of sp³-hybridized carbons (Fsp3) is 0.231. The van der Waals surface area contributed by atoms with E-state index < -0.39 is 0 Å². The molecule has 0 saturated carbocycles. The van der Waals surface area contributed by atoms with Crippen molar-refractivity contribution in [2.45, 2.75) is 17.7 Å². The van der Waals surface area contributed by atoms with Gasteiger partial charge in [-0.15, -0.1) is 12.6 Å². The van der Waals surface area contributed by atoms with Gasteiger partial charge in [0.15, 0.2) is 0 Å². The van der Waals surface area contributed by atoms with Crippen molar-refractivity contribution in [3.8, 4) is 0 Å². The molecule has 0 aliphatic carbocycles. The zero-order valence-corrected chi connectivity index (χ0v) is 9.37. The van der Waals surface area contributed by atoms with E-state index >= 15 is 0 Å². The molecule has 0 heterocycles. The number of aliphatic hydroxyl groups excluding tert-OH is 1. The van der Waals surface area contributed by atoms with E-state index in [0.29, 0.717) is 0 Å². The van der Waals surface area contributed by atoms with Crippen molar-refractivity contribution in [2.24, 2.45) is 0 Å². The van der Waals surface area contributed by atoms with E-state index in [1.165, 1.54) is 16.3 Å². The summed E-state index contributed by atoms with van der Waals surface area (Å²) in [5.74, 6) is 0. The second-order valence-electron chi connectivity index (χ2n) is 3.62. The topological polar surface area (TPSA) is 20.2 Å². The van der Waals surface area contributed by atoms with Crippen molar-refractivity contribution in [2.75, 3.05) is 6.61 Å². The van der Waals surface area contributed by atoms with Crippen LogP contribution in [0.2, 0.25) is 0 Å². The van der Waals surface area contributed by atoms with Crippen molar-refractivity contribution in [3.05, 3.63) is 42.0 Å². The van der Waals surface area contributed by atoms with E-state index in [4.69, 9.17) is 5.11 Å². The number of benzene rings is 2. The van der Waals surface area contributed by atoms with E-state index in [1.54, 1.807) is 0 Å². The molecule has 2 heteroatoms. The van der Waals surface area contributed by atoms with Crippen LogP contribution in [0.15, 0.2) is 41.3 Å². The molecular weight excluding hydrogens is 204 g/mol. The third kappa shape index (κ3) is 2.16. The van der Waals surface area contributed by atoms with Crippen molar-refractivity contribution >= 4 is 23.4 Å². The second-order valence-corrected chi connectivity index (χ2v) is 4.07. The smallest absolute Gasteiger partial charge is 0.0434 e. The summed E-state index contributed by atoms with van der Waals surface area (Å²) in [6.07, 6.45) is 1.69. The summed E-state index contributed by atoms with van der Waals surface area (Å²) >= 11 is 4.56. The van der Waals surface area contributed by atoms with Crippen molar-refractivity contribution in [1.29, 1.82) is 0 Å². The Kier molecular flexibility index (Phi) is 3.29. The summed E-state index contributed by atoms with van der Waals surface area (Å²) in [5, 5.41) is 11.2. The minimum absolute atomic E-state index is 0.236. The van der Waals surface area contributed by atoms with Gasteiger partial charge in [0.2, 0.25) is 0 Å². The highest BCUT2D eigenvalue weighted by Gasteiger charge is 2.03. The van der Waals surface area contributed by atoms with Crippen LogP contribution in [-0.4, -0.2) is 11.7 Å². The standard InChI is InChI=1S/C13H14OS/c14-9-3-5-11-8-7-10-4-1-2-6-12(10)13(11)15/h1-2,4,6-8,14-15H,3,5,9H2. The molecule has 0 atom stereocenters. The van der Waals surface area contributed by atoms with Crippen LogP contribution in [0.4, 0.5) is 0 Å². The molecule has 0 radical (unpaired) electrons. The number of hydrogen-bond acceptors (Lipinski definition) is 2. The molecule has 0 unspecified atom stereocenters. The minimum Gasteiger partial charge on any atom is -0.396 e. The number of rotatable bonds is 3. The Bertz CT molecular complexity index is 465. The molecular formula is C13H14OS. The van der Waals surface area contributed by atoms with Crippen LogP contribution in [0.5, 0.6) is 0 Å². The average molecular weight is 218 g/mol. The predicted molar refractivity (Wildman–Crippen MR) is 66.6 cm³/mol. The Hall–Kier alpha value is -0.990. The molecule has 0 bridgehead atoms. The zero-order valence-electron chi connectivity index (χ0n) is 8.48. The van der Waals surface area contributed by atoms with Crippen LogP contribution in [0, 0.1) is 0 Å². The fourth-order valence-corrected chi connectivity index (χ4v) is 2.16. The van der Waals surface area contributed by atoms with Gasteiger partial charge in [-0.2, -0.15) is 0 Å². The van der Waals surface area contributed by atoms with Crippen LogP contribution in [-0.2, 0) is 6.42 Å². The number of fused-ring (bicyclic) bond motifs is 1. The normalized spacial score (nSPS) is 10.8. The van der Waals surface area contributed by atoms with Crippen LogP contribution in [0.1, 0.15) is 12.0 Å². The van der Waals surface area contributed by atoms with Crippen LogP contribution < -0.4 is 0 Å². The Morgan fingerprint density at radius 2 is 1.87 bits per heavy atom.